The summed E-state index contributed by atoms with van der Waals surface area (Å²) in [4.78, 5) is 24.5. The highest BCUT2D eigenvalue weighted by molar-refractivity contribution is 5.79. The van der Waals surface area contributed by atoms with E-state index in [4.69, 9.17) is 9.63 Å². The summed E-state index contributed by atoms with van der Waals surface area (Å²) < 4.78 is 4.90. The van der Waals surface area contributed by atoms with Crippen LogP contribution >= 0.6 is 0 Å². The Bertz CT molecular complexity index is 455. The molecule has 6 nitrogen and oxygen atoms in total. The zero-order chi connectivity index (χ0) is 13.1. The van der Waals surface area contributed by atoms with Crippen molar-refractivity contribution < 1.29 is 19.2 Å². The number of carboxylic acid groups (broad SMARTS) is 1. The van der Waals surface area contributed by atoms with Gasteiger partial charge in [0, 0.05) is 19.2 Å². The molecule has 0 saturated carbocycles. The third-order valence-corrected chi connectivity index (χ3v) is 3.13. The fourth-order valence-corrected chi connectivity index (χ4v) is 2.17. The highest BCUT2D eigenvalue weighted by Crippen LogP contribution is 2.17. The Kier molecular flexibility index (Phi) is 3.64. The minimum absolute atomic E-state index is 0.0887. The molecule has 0 aliphatic carbocycles. The normalized spacial score (nSPS) is 19.8. The number of piperidine rings is 1. The molecule has 1 saturated heterocycles. The Hall–Kier alpha value is -1.85. The molecule has 1 aromatic rings. The molecule has 1 N–H and O–H groups in total. The van der Waals surface area contributed by atoms with Gasteiger partial charge in [0.25, 0.3) is 0 Å². The van der Waals surface area contributed by atoms with Gasteiger partial charge in [0.1, 0.15) is 5.76 Å². The summed E-state index contributed by atoms with van der Waals surface area (Å²) in [5.41, 5.74) is 0.593. The first-order valence-electron chi connectivity index (χ1n) is 5.99. The van der Waals surface area contributed by atoms with Crippen molar-refractivity contribution in [3.8, 4) is 0 Å². The Morgan fingerprint density at radius 2 is 2.39 bits per heavy atom. The van der Waals surface area contributed by atoms with Crippen molar-refractivity contribution in [3.63, 3.8) is 0 Å². The summed E-state index contributed by atoms with van der Waals surface area (Å²) in [6.45, 7) is 2.69. The Morgan fingerprint density at radius 1 is 1.61 bits per heavy atom. The lowest BCUT2D eigenvalue weighted by atomic mass is 9.98. The molecule has 1 aromatic heterocycles. The van der Waals surface area contributed by atoms with Gasteiger partial charge in [-0.2, -0.15) is 0 Å². The molecule has 0 spiro atoms. The molecule has 0 aromatic carbocycles. The average molecular weight is 252 g/mol. The van der Waals surface area contributed by atoms with E-state index in [1.807, 2.05) is 0 Å². The number of rotatable bonds is 3. The minimum Gasteiger partial charge on any atom is -0.481 e. The highest BCUT2D eigenvalue weighted by atomic mass is 16.5. The van der Waals surface area contributed by atoms with Crippen LogP contribution in [0.25, 0.3) is 0 Å². The lowest BCUT2D eigenvalue weighted by molar-refractivity contribution is -0.145. The number of aromatic nitrogens is 1. The van der Waals surface area contributed by atoms with Crippen LogP contribution in [0.3, 0.4) is 0 Å². The third-order valence-electron chi connectivity index (χ3n) is 3.13. The van der Waals surface area contributed by atoms with Gasteiger partial charge in [0.2, 0.25) is 5.91 Å². The zero-order valence-electron chi connectivity index (χ0n) is 10.3. The zero-order valence-corrected chi connectivity index (χ0v) is 10.3. The van der Waals surface area contributed by atoms with Crippen molar-refractivity contribution in [2.24, 2.45) is 5.92 Å². The van der Waals surface area contributed by atoms with E-state index in [2.05, 4.69) is 5.16 Å². The third kappa shape index (κ3) is 2.88. The van der Waals surface area contributed by atoms with Gasteiger partial charge in [0.15, 0.2) is 0 Å². The molecule has 1 amide bonds. The number of aliphatic carboxylic acids is 1. The fraction of sp³-hybridized carbons (Fsp3) is 0.583. The molecule has 6 heteroatoms. The second-order valence-electron chi connectivity index (χ2n) is 4.62. The Morgan fingerprint density at radius 3 is 3.00 bits per heavy atom. The van der Waals surface area contributed by atoms with E-state index in [1.54, 1.807) is 17.9 Å². The molecular weight excluding hydrogens is 236 g/mol. The molecular formula is C12H16N2O4. The molecule has 0 bridgehead atoms. The number of hydrogen-bond acceptors (Lipinski definition) is 4. The van der Waals surface area contributed by atoms with Crippen molar-refractivity contribution in [2.75, 3.05) is 13.1 Å². The summed E-state index contributed by atoms with van der Waals surface area (Å²) in [6.07, 6.45) is 1.55. The van der Waals surface area contributed by atoms with E-state index in [0.29, 0.717) is 31.0 Å². The van der Waals surface area contributed by atoms with Crippen LogP contribution in [-0.2, 0) is 16.0 Å². The second kappa shape index (κ2) is 5.20. The fourth-order valence-electron chi connectivity index (χ4n) is 2.17. The first-order chi connectivity index (χ1) is 8.56. The highest BCUT2D eigenvalue weighted by Gasteiger charge is 2.28. The minimum atomic E-state index is -0.829. The molecule has 98 valence electrons. The monoisotopic (exact) mass is 252 g/mol. The SMILES string of the molecule is Cc1cc(CC(=O)N2CCC[C@H](C(=O)O)C2)no1. The Balaban J connectivity index is 1.94. The van der Waals surface area contributed by atoms with E-state index >= 15 is 0 Å². The van der Waals surface area contributed by atoms with Crippen molar-refractivity contribution in [2.45, 2.75) is 26.2 Å². The van der Waals surface area contributed by atoms with Crippen LogP contribution in [0.1, 0.15) is 24.3 Å². The molecule has 1 aliphatic heterocycles. The lowest BCUT2D eigenvalue weighted by Crippen LogP contribution is -2.43. The predicted octanol–water partition coefficient (Wildman–Crippen LogP) is 0.849. The summed E-state index contributed by atoms with van der Waals surface area (Å²) in [6, 6.07) is 1.72. The van der Waals surface area contributed by atoms with Gasteiger partial charge in [-0.1, -0.05) is 5.16 Å². The first-order valence-corrected chi connectivity index (χ1v) is 5.99. The number of aryl methyl sites for hydroxylation is 1. The molecule has 0 radical (unpaired) electrons. The van der Waals surface area contributed by atoms with Crippen LogP contribution in [0.5, 0.6) is 0 Å². The maximum atomic E-state index is 12.0. The van der Waals surface area contributed by atoms with Crippen molar-refractivity contribution in [3.05, 3.63) is 17.5 Å². The van der Waals surface area contributed by atoms with Gasteiger partial charge in [-0.3, -0.25) is 9.59 Å². The summed E-state index contributed by atoms with van der Waals surface area (Å²) in [7, 11) is 0. The molecule has 1 aliphatic rings. The maximum Gasteiger partial charge on any atom is 0.308 e. The van der Waals surface area contributed by atoms with E-state index < -0.39 is 11.9 Å². The largest absolute Gasteiger partial charge is 0.481 e. The number of carbonyl (C=O) groups is 2. The molecule has 2 heterocycles. The number of nitrogens with zero attached hydrogens (tertiary/aromatic N) is 2. The summed E-state index contributed by atoms with van der Waals surface area (Å²) in [5.74, 6) is -0.694. The molecule has 18 heavy (non-hydrogen) atoms. The van der Waals surface area contributed by atoms with Gasteiger partial charge in [-0.05, 0) is 19.8 Å². The van der Waals surface area contributed by atoms with Gasteiger partial charge in [0.05, 0.1) is 18.0 Å². The van der Waals surface area contributed by atoms with Crippen LogP contribution in [0.4, 0.5) is 0 Å². The molecule has 1 atom stereocenters. The van der Waals surface area contributed by atoms with E-state index in [9.17, 15) is 9.59 Å². The van der Waals surface area contributed by atoms with Gasteiger partial charge in [-0.15, -0.1) is 0 Å². The van der Waals surface area contributed by atoms with Gasteiger partial charge in [-0.25, -0.2) is 0 Å². The van der Waals surface area contributed by atoms with Crippen molar-refractivity contribution >= 4 is 11.9 Å². The van der Waals surface area contributed by atoms with Gasteiger partial charge < -0.3 is 14.5 Å². The second-order valence-corrected chi connectivity index (χ2v) is 4.62. The standard InChI is InChI=1S/C12H16N2O4/c1-8-5-10(13-18-8)6-11(15)14-4-2-3-9(7-14)12(16)17/h5,9H,2-4,6-7H2,1H3,(H,16,17)/t9-/m0/s1. The molecule has 0 unspecified atom stereocenters. The topological polar surface area (TPSA) is 83.6 Å². The van der Waals surface area contributed by atoms with E-state index in [1.165, 1.54) is 0 Å². The number of carbonyl (C=O) groups excluding carboxylic acids is 1. The van der Waals surface area contributed by atoms with Crippen LogP contribution in [-0.4, -0.2) is 40.1 Å². The summed E-state index contributed by atoms with van der Waals surface area (Å²) in [5, 5.41) is 12.7. The van der Waals surface area contributed by atoms with E-state index in [0.717, 1.165) is 6.42 Å². The Labute approximate surface area is 105 Å². The van der Waals surface area contributed by atoms with Crippen molar-refractivity contribution in [1.82, 2.24) is 10.1 Å². The number of likely N-dealkylation sites (tertiary alicyclic amines) is 1. The maximum absolute atomic E-state index is 12.0. The average Bonchev–Trinajstić information content (AvgIpc) is 2.75. The quantitative estimate of drug-likeness (QED) is 0.862. The first kappa shape index (κ1) is 12.6. The smallest absolute Gasteiger partial charge is 0.308 e. The molecule has 1 fully saturated rings. The lowest BCUT2D eigenvalue weighted by Gasteiger charge is -2.30. The van der Waals surface area contributed by atoms with Crippen LogP contribution in [0, 0.1) is 12.8 Å². The number of carboxylic acids is 1. The summed E-state index contributed by atoms with van der Waals surface area (Å²) >= 11 is 0. The van der Waals surface area contributed by atoms with Crippen molar-refractivity contribution in [1.29, 1.82) is 0 Å². The van der Waals surface area contributed by atoms with Gasteiger partial charge >= 0.3 is 5.97 Å². The number of hydrogen-bond donors (Lipinski definition) is 1. The predicted molar refractivity (Wildman–Crippen MR) is 61.9 cm³/mol. The number of amides is 1. The molecule has 2 rings (SSSR count). The van der Waals surface area contributed by atoms with Crippen LogP contribution in [0.15, 0.2) is 10.6 Å². The van der Waals surface area contributed by atoms with Crippen LogP contribution < -0.4 is 0 Å². The van der Waals surface area contributed by atoms with E-state index in [-0.39, 0.29) is 12.3 Å². The van der Waals surface area contributed by atoms with Crippen LogP contribution in [0.2, 0.25) is 0 Å².